The van der Waals surface area contributed by atoms with Gasteiger partial charge in [0.05, 0.1) is 0 Å². The Morgan fingerprint density at radius 3 is 2.10 bits per heavy atom. The number of hydrogen-bond acceptors (Lipinski definition) is 4. The molecule has 0 fully saturated rings. The van der Waals surface area contributed by atoms with E-state index < -0.39 is 29.7 Å². The maximum absolute atomic E-state index is 12.4. The monoisotopic (exact) mass is 417 g/mol. The number of hydrogen-bond donors (Lipinski definition) is 2. The molecule has 0 aliphatic heterocycles. The molecule has 0 heterocycles. The highest BCUT2D eigenvalue weighted by atomic mass is 19.4. The van der Waals surface area contributed by atoms with E-state index in [1.54, 1.807) is 43.2 Å². The average molecular weight is 417 g/mol. The molecule has 0 bridgehead atoms. The fourth-order valence-corrected chi connectivity index (χ4v) is 2.15. The van der Waals surface area contributed by atoms with E-state index in [1.165, 1.54) is 17.6 Å². The van der Waals surface area contributed by atoms with Crippen LogP contribution in [0, 0.1) is 0 Å². The number of halogens is 3. The van der Waals surface area contributed by atoms with Crippen molar-refractivity contribution in [1.82, 2.24) is 15.8 Å². The van der Waals surface area contributed by atoms with Gasteiger partial charge in [-0.15, -0.1) is 0 Å². The molecule has 7 nitrogen and oxygen atoms in total. The van der Waals surface area contributed by atoms with E-state index in [0.29, 0.717) is 12.1 Å². The van der Waals surface area contributed by atoms with E-state index in [1.807, 2.05) is 6.92 Å². The number of carbonyl (C=O) groups excluding carboxylic acids is 3. The third kappa shape index (κ3) is 8.84. The fraction of sp³-hybridized carbons (Fsp3) is 0.526. The van der Waals surface area contributed by atoms with Gasteiger partial charge in [0, 0.05) is 18.7 Å². The molecule has 1 aromatic carbocycles. The molecular weight excluding hydrogens is 391 g/mol. The number of alkyl halides is 3. The molecule has 1 rings (SSSR count). The van der Waals surface area contributed by atoms with Crippen molar-refractivity contribution in [2.24, 2.45) is 0 Å². The van der Waals surface area contributed by atoms with Crippen LogP contribution >= 0.6 is 0 Å². The van der Waals surface area contributed by atoms with Crippen molar-refractivity contribution in [3.05, 3.63) is 35.4 Å². The number of ether oxygens (including phenoxy) is 1. The molecule has 29 heavy (non-hydrogen) atoms. The molecule has 0 aromatic heterocycles. The Balaban J connectivity index is 2.75. The van der Waals surface area contributed by atoms with Gasteiger partial charge in [-0.1, -0.05) is 25.5 Å². The second-order valence-electron chi connectivity index (χ2n) is 7.36. The van der Waals surface area contributed by atoms with Gasteiger partial charge in [-0.3, -0.25) is 20.4 Å². The summed E-state index contributed by atoms with van der Waals surface area (Å²) in [4.78, 5) is 36.5. The standard InChI is InChI=1S/C19H26F3N3O4/c1-5-6-11-25(17(28)29-18(2,3)4)12-13-7-9-14(10-8-13)15(26)23-24-16(27)19(20,21)22/h7-10H,5-6,11-12H2,1-4H3,(H,23,26)(H,24,27). The molecule has 162 valence electrons. The second-order valence-corrected chi connectivity index (χ2v) is 7.36. The summed E-state index contributed by atoms with van der Waals surface area (Å²) in [5, 5.41) is 0. The van der Waals surface area contributed by atoms with Crippen LogP contribution < -0.4 is 10.9 Å². The number of unbranched alkanes of at least 4 members (excludes halogenated alkanes) is 1. The Kier molecular flexibility index (Phi) is 8.47. The summed E-state index contributed by atoms with van der Waals surface area (Å²) in [6, 6.07) is 5.92. The molecule has 0 unspecified atom stereocenters. The van der Waals surface area contributed by atoms with Gasteiger partial charge in [-0.25, -0.2) is 4.79 Å². The number of hydrazine groups is 1. The lowest BCUT2D eigenvalue weighted by molar-refractivity contribution is -0.174. The molecule has 0 atom stereocenters. The molecule has 0 saturated carbocycles. The van der Waals surface area contributed by atoms with Gasteiger partial charge in [-0.2, -0.15) is 13.2 Å². The lowest BCUT2D eigenvalue weighted by Gasteiger charge is -2.27. The summed E-state index contributed by atoms with van der Waals surface area (Å²) in [6.45, 7) is 8.06. The average Bonchev–Trinajstić information content (AvgIpc) is 2.61. The third-order valence-corrected chi connectivity index (χ3v) is 3.57. The van der Waals surface area contributed by atoms with Gasteiger partial charge in [0.2, 0.25) is 0 Å². The summed E-state index contributed by atoms with van der Waals surface area (Å²) in [5.74, 6) is -3.17. The Morgan fingerprint density at radius 2 is 1.62 bits per heavy atom. The summed E-state index contributed by atoms with van der Waals surface area (Å²) in [6.07, 6.45) is -3.87. The van der Waals surface area contributed by atoms with Gasteiger partial charge in [0.1, 0.15) is 5.60 Å². The molecule has 3 amide bonds. The number of benzene rings is 1. The van der Waals surface area contributed by atoms with Gasteiger partial charge in [0.15, 0.2) is 0 Å². The van der Waals surface area contributed by atoms with Crippen LogP contribution in [0.3, 0.4) is 0 Å². The quantitative estimate of drug-likeness (QED) is 0.693. The van der Waals surface area contributed by atoms with Crippen LogP contribution in [0.5, 0.6) is 0 Å². The molecule has 0 aliphatic carbocycles. The molecule has 0 radical (unpaired) electrons. The van der Waals surface area contributed by atoms with E-state index in [9.17, 15) is 27.6 Å². The van der Waals surface area contributed by atoms with Crippen LogP contribution in [-0.4, -0.2) is 41.1 Å². The topological polar surface area (TPSA) is 87.7 Å². The maximum atomic E-state index is 12.4. The lowest BCUT2D eigenvalue weighted by atomic mass is 10.1. The van der Waals surface area contributed by atoms with Crippen molar-refractivity contribution >= 4 is 17.9 Å². The molecule has 0 saturated heterocycles. The first-order valence-corrected chi connectivity index (χ1v) is 9.08. The minimum atomic E-state index is -5.10. The molecule has 1 aromatic rings. The summed E-state index contributed by atoms with van der Waals surface area (Å²) >= 11 is 0. The van der Waals surface area contributed by atoms with Crippen molar-refractivity contribution in [3.63, 3.8) is 0 Å². The molecule has 2 N–H and O–H groups in total. The first-order valence-electron chi connectivity index (χ1n) is 9.08. The first-order chi connectivity index (χ1) is 13.3. The Morgan fingerprint density at radius 1 is 1.03 bits per heavy atom. The highest BCUT2D eigenvalue weighted by Crippen LogP contribution is 2.15. The zero-order valence-corrected chi connectivity index (χ0v) is 16.9. The number of amides is 3. The SMILES string of the molecule is CCCCN(Cc1ccc(C(=O)NNC(=O)C(F)(F)F)cc1)C(=O)OC(C)(C)C. The zero-order valence-electron chi connectivity index (χ0n) is 16.9. The first kappa shape index (κ1) is 24.3. The third-order valence-electron chi connectivity index (χ3n) is 3.57. The normalized spacial score (nSPS) is 11.6. The number of nitrogens with one attached hydrogen (secondary N) is 2. The van der Waals surface area contributed by atoms with Crippen LogP contribution in [0.4, 0.5) is 18.0 Å². The van der Waals surface area contributed by atoms with Gasteiger partial charge in [0.25, 0.3) is 5.91 Å². The van der Waals surface area contributed by atoms with Crippen molar-refractivity contribution in [1.29, 1.82) is 0 Å². The zero-order chi connectivity index (χ0) is 22.2. The summed E-state index contributed by atoms with van der Waals surface area (Å²) < 4.78 is 41.8. The minimum Gasteiger partial charge on any atom is -0.444 e. The highest BCUT2D eigenvalue weighted by Gasteiger charge is 2.39. The van der Waals surface area contributed by atoms with E-state index in [4.69, 9.17) is 4.74 Å². The predicted molar refractivity (Wildman–Crippen MR) is 99.7 cm³/mol. The molecule has 10 heteroatoms. The van der Waals surface area contributed by atoms with E-state index in [0.717, 1.165) is 12.8 Å². The van der Waals surface area contributed by atoms with Crippen LogP contribution in [0.2, 0.25) is 0 Å². The van der Waals surface area contributed by atoms with Crippen molar-refractivity contribution < 1.29 is 32.3 Å². The highest BCUT2D eigenvalue weighted by molar-refractivity contribution is 5.95. The largest absolute Gasteiger partial charge is 0.472 e. The van der Waals surface area contributed by atoms with E-state index in [2.05, 4.69) is 0 Å². The number of rotatable bonds is 6. The van der Waals surface area contributed by atoms with Gasteiger partial charge in [-0.05, 0) is 44.9 Å². The summed E-state index contributed by atoms with van der Waals surface area (Å²) in [7, 11) is 0. The van der Waals surface area contributed by atoms with Gasteiger partial charge >= 0.3 is 18.2 Å². The van der Waals surface area contributed by atoms with E-state index >= 15 is 0 Å². The minimum absolute atomic E-state index is 0.0496. The second kappa shape index (κ2) is 10.1. The van der Waals surface area contributed by atoms with E-state index in [-0.39, 0.29) is 12.1 Å². The predicted octanol–water partition coefficient (Wildman–Crippen LogP) is 3.55. The Bertz CT molecular complexity index is 713. The number of nitrogens with zero attached hydrogens (tertiary/aromatic N) is 1. The van der Waals surface area contributed by atoms with Gasteiger partial charge < -0.3 is 9.64 Å². The summed E-state index contributed by atoms with van der Waals surface area (Å²) in [5.41, 5.74) is 3.11. The van der Waals surface area contributed by atoms with Crippen LogP contribution in [0.25, 0.3) is 0 Å². The van der Waals surface area contributed by atoms with Crippen molar-refractivity contribution in [2.45, 2.75) is 58.9 Å². The number of carbonyl (C=O) groups is 3. The van der Waals surface area contributed by atoms with Crippen LogP contribution in [-0.2, 0) is 16.1 Å². The molecule has 0 spiro atoms. The Hall–Kier alpha value is -2.78. The van der Waals surface area contributed by atoms with Crippen LogP contribution in [0.1, 0.15) is 56.5 Å². The van der Waals surface area contributed by atoms with Crippen molar-refractivity contribution in [2.75, 3.05) is 6.54 Å². The van der Waals surface area contributed by atoms with Crippen LogP contribution in [0.15, 0.2) is 24.3 Å². The fourth-order valence-electron chi connectivity index (χ4n) is 2.15. The maximum Gasteiger partial charge on any atom is 0.472 e. The van der Waals surface area contributed by atoms with Crippen molar-refractivity contribution in [3.8, 4) is 0 Å². The lowest BCUT2D eigenvalue weighted by Crippen LogP contribution is -2.47. The molecular formula is C19H26F3N3O4. The Labute approximate surface area is 167 Å². The molecule has 0 aliphatic rings. The smallest absolute Gasteiger partial charge is 0.444 e.